The minimum absolute atomic E-state index is 0.0629. The Balaban J connectivity index is 1.57. The second-order valence-electron chi connectivity index (χ2n) is 9.45. The quantitative estimate of drug-likeness (QED) is 0.314. The average Bonchev–Trinajstić information content (AvgIpc) is 2.92. The Kier molecular flexibility index (Phi) is 7.33. The van der Waals surface area contributed by atoms with Gasteiger partial charge in [0.05, 0.1) is 30.9 Å². The third kappa shape index (κ3) is 4.23. The van der Waals surface area contributed by atoms with Crippen molar-refractivity contribution in [2.75, 3.05) is 20.8 Å². The van der Waals surface area contributed by atoms with Gasteiger partial charge < -0.3 is 53.8 Å². The molecule has 0 aliphatic carbocycles. The number of pyridine rings is 1. The molecule has 8 atom stereocenters. The Morgan fingerprint density at radius 2 is 1.87 bits per heavy atom. The molecule has 0 saturated carbocycles. The molecule has 12 nitrogen and oxygen atoms in total. The lowest BCUT2D eigenvalue weighted by Gasteiger charge is -2.43. The molecule has 8 unspecified atom stereocenters. The van der Waals surface area contributed by atoms with Crippen LogP contribution in [0.3, 0.4) is 0 Å². The van der Waals surface area contributed by atoms with Crippen LogP contribution in [0.25, 0.3) is 11.3 Å². The van der Waals surface area contributed by atoms with E-state index in [2.05, 4.69) is 6.58 Å². The molecule has 0 amide bonds. The SMILES string of the molecule is C=CC1c2cc3n(c(=O)c2C(OC)OC1OC1OC(CO)C(O)C(O)C1O)CCc1cc(OC)c(O)cc1-3. The Hall–Kier alpha value is -2.81. The molecule has 3 aliphatic heterocycles. The molecule has 0 spiro atoms. The number of aromatic nitrogens is 1. The summed E-state index contributed by atoms with van der Waals surface area (Å²) in [4.78, 5) is 13.7. The first-order valence-electron chi connectivity index (χ1n) is 12.2. The lowest BCUT2D eigenvalue weighted by Crippen LogP contribution is -2.60. The minimum Gasteiger partial charge on any atom is -0.504 e. The van der Waals surface area contributed by atoms with E-state index >= 15 is 0 Å². The number of aromatic hydroxyl groups is 1. The van der Waals surface area contributed by atoms with Gasteiger partial charge in [-0.15, -0.1) is 6.58 Å². The summed E-state index contributed by atoms with van der Waals surface area (Å²) < 4.78 is 29.7. The van der Waals surface area contributed by atoms with Crippen LogP contribution in [0, 0.1) is 0 Å². The third-order valence-corrected chi connectivity index (χ3v) is 7.39. The molecular formula is C26H31NO11. The van der Waals surface area contributed by atoms with Crippen molar-refractivity contribution in [2.45, 2.75) is 62.2 Å². The van der Waals surface area contributed by atoms with Gasteiger partial charge >= 0.3 is 0 Å². The summed E-state index contributed by atoms with van der Waals surface area (Å²) in [6.45, 7) is 3.65. The molecule has 206 valence electrons. The van der Waals surface area contributed by atoms with Crippen LogP contribution in [0.5, 0.6) is 11.5 Å². The summed E-state index contributed by atoms with van der Waals surface area (Å²) in [6, 6.07) is 5.10. The molecule has 5 N–H and O–H groups in total. The van der Waals surface area contributed by atoms with E-state index < -0.39 is 55.8 Å². The lowest BCUT2D eigenvalue weighted by molar-refractivity contribution is -0.358. The van der Waals surface area contributed by atoms with Gasteiger partial charge in [-0.25, -0.2) is 0 Å². The third-order valence-electron chi connectivity index (χ3n) is 7.39. The van der Waals surface area contributed by atoms with Crippen molar-refractivity contribution in [2.24, 2.45) is 0 Å². The Morgan fingerprint density at radius 3 is 2.53 bits per heavy atom. The number of methoxy groups -OCH3 is 2. The molecule has 1 aromatic carbocycles. The monoisotopic (exact) mass is 533 g/mol. The highest BCUT2D eigenvalue weighted by Gasteiger charge is 2.47. The number of hydrogen-bond donors (Lipinski definition) is 5. The molecule has 4 heterocycles. The van der Waals surface area contributed by atoms with E-state index in [4.69, 9.17) is 23.7 Å². The predicted molar refractivity (Wildman–Crippen MR) is 130 cm³/mol. The molecular weight excluding hydrogens is 502 g/mol. The molecule has 1 fully saturated rings. The van der Waals surface area contributed by atoms with Crippen molar-refractivity contribution in [3.63, 3.8) is 0 Å². The molecule has 0 radical (unpaired) electrons. The Bertz CT molecular complexity index is 1270. The van der Waals surface area contributed by atoms with E-state index in [9.17, 15) is 30.3 Å². The van der Waals surface area contributed by atoms with Crippen LogP contribution in [-0.2, 0) is 31.9 Å². The van der Waals surface area contributed by atoms with Gasteiger partial charge in [0.25, 0.3) is 5.56 Å². The second-order valence-corrected chi connectivity index (χ2v) is 9.45. The van der Waals surface area contributed by atoms with Crippen LogP contribution in [0.4, 0.5) is 0 Å². The van der Waals surface area contributed by atoms with Crippen molar-refractivity contribution in [1.29, 1.82) is 0 Å². The highest BCUT2D eigenvalue weighted by atomic mass is 16.8. The predicted octanol–water partition coefficient (Wildman–Crippen LogP) is -0.127. The maximum atomic E-state index is 13.7. The van der Waals surface area contributed by atoms with E-state index in [1.807, 2.05) is 0 Å². The van der Waals surface area contributed by atoms with Crippen LogP contribution in [0.2, 0.25) is 0 Å². The van der Waals surface area contributed by atoms with E-state index in [1.54, 1.807) is 22.8 Å². The van der Waals surface area contributed by atoms with Gasteiger partial charge in [-0.1, -0.05) is 6.08 Å². The van der Waals surface area contributed by atoms with Crippen molar-refractivity contribution in [1.82, 2.24) is 4.57 Å². The second kappa shape index (κ2) is 10.4. The lowest BCUT2D eigenvalue weighted by atomic mass is 9.87. The average molecular weight is 534 g/mol. The molecule has 1 aromatic heterocycles. The van der Waals surface area contributed by atoms with E-state index in [0.29, 0.717) is 35.5 Å². The normalized spacial score (nSPS) is 32.2. The zero-order valence-electron chi connectivity index (χ0n) is 20.9. The number of benzene rings is 1. The summed E-state index contributed by atoms with van der Waals surface area (Å²) in [6.07, 6.45) is -7.73. The molecule has 12 heteroatoms. The number of aliphatic hydroxyl groups is 4. The van der Waals surface area contributed by atoms with Crippen molar-refractivity contribution in [3.8, 4) is 22.8 Å². The standard InChI is InChI=1S/C26H31NO11/c1-4-12-14-8-15-13-9-16(29)17(34-2)7-11(13)5-6-27(15)23(33)19(14)25(35-3)37-24(12)38-26-22(32)21(31)20(30)18(10-28)36-26/h4,7-9,12,18,20-22,24-26,28-32H,1,5-6,10H2,2-3H3. The van der Waals surface area contributed by atoms with Crippen molar-refractivity contribution >= 4 is 0 Å². The van der Waals surface area contributed by atoms with Crippen LogP contribution >= 0.6 is 0 Å². The number of phenolic OH excluding ortho intramolecular Hbond substituents is 1. The highest BCUT2D eigenvalue weighted by molar-refractivity contribution is 5.71. The fourth-order valence-corrected chi connectivity index (χ4v) is 5.35. The number of fused-ring (bicyclic) bond motifs is 4. The maximum absolute atomic E-state index is 13.7. The molecule has 3 aliphatic rings. The fraction of sp³-hybridized carbons (Fsp3) is 0.500. The van der Waals surface area contributed by atoms with Crippen LogP contribution < -0.4 is 10.3 Å². The molecule has 1 saturated heterocycles. The minimum atomic E-state index is -1.65. The number of hydrogen-bond acceptors (Lipinski definition) is 11. The van der Waals surface area contributed by atoms with Crippen LogP contribution in [0.15, 0.2) is 35.6 Å². The summed E-state index contributed by atoms with van der Waals surface area (Å²) in [7, 11) is 2.84. The van der Waals surface area contributed by atoms with Crippen molar-refractivity contribution < 1.29 is 49.2 Å². The Morgan fingerprint density at radius 1 is 1.11 bits per heavy atom. The smallest absolute Gasteiger partial charge is 0.259 e. The number of rotatable bonds is 6. The number of aryl methyl sites for hydroxylation is 1. The molecule has 2 aromatic rings. The highest BCUT2D eigenvalue weighted by Crippen LogP contribution is 2.43. The van der Waals surface area contributed by atoms with Gasteiger partial charge in [-0.3, -0.25) is 4.79 Å². The van der Waals surface area contributed by atoms with Crippen molar-refractivity contribution in [3.05, 3.63) is 57.9 Å². The van der Waals surface area contributed by atoms with Gasteiger partial charge in [0, 0.05) is 19.2 Å². The van der Waals surface area contributed by atoms with Gasteiger partial charge in [0.1, 0.15) is 24.4 Å². The van der Waals surface area contributed by atoms with Crippen LogP contribution in [0.1, 0.15) is 28.9 Å². The van der Waals surface area contributed by atoms with E-state index in [-0.39, 0.29) is 16.9 Å². The first kappa shape index (κ1) is 26.8. The summed E-state index contributed by atoms with van der Waals surface area (Å²) >= 11 is 0. The van der Waals surface area contributed by atoms with Gasteiger partial charge in [0.15, 0.2) is 30.4 Å². The topological polar surface area (TPSA) is 169 Å². The largest absolute Gasteiger partial charge is 0.504 e. The molecule has 5 rings (SSSR count). The van der Waals surface area contributed by atoms with Gasteiger partial charge in [-0.05, 0) is 35.7 Å². The summed E-state index contributed by atoms with van der Waals surface area (Å²) in [5, 5.41) is 50.7. The number of ether oxygens (including phenoxy) is 5. The first-order chi connectivity index (χ1) is 18.2. The summed E-state index contributed by atoms with van der Waals surface area (Å²) in [5.74, 6) is -0.464. The van der Waals surface area contributed by atoms with E-state index in [0.717, 1.165) is 5.56 Å². The number of nitrogens with zero attached hydrogens (tertiary/aromatic N) is 1. The first-order valence-corrected chi connectivity index (χ1v) is 12.2. The summed E-state index contributed by atoms with van der Waals surface area (Å²) in [5.41, 5.74) is 2.58. The number of phenols is 1. The zero-order chi connectivity index (χ0) is 27.3. The Labute approximate surface area is 217 Å². The zero-order valence-corrected chi connectivity index (χ0v) is 20.9. The molecule has 0 bridgehead atoms. The number of aliphatic hydroxyl groups excluding tert-OH is 4. The molecule has 38 heavy (non-hydrogen) atoms. The van der Waals surface area contributed by atoms with E-state index in [1.165, 1.54) is 20.3 Å². The fourth-order valence-electron chi connectivity index (χ4n) is 5.35. The maximum Gasteiger partial charge on any atom is 0.259 e. The van der Waals surface area contributed by atoms with Gasteiger partial charge in [0.2, 0.25) is 0 Å². The van der Waals surface area contributed by atoms with Gasteiger partial charge in [-0.2, -0.15) is 0 Å². The van der Waals surface area contributed by atoms with Crippen LogP contribution in [-0.4, -0.2) is 87.9 Å².